The largest absolute Gasteiger partial charge is 0.374 e. The molecule has 0 aromatic carbocycles. The van der Waals surface area contributed by atoms with E-state index in [1.165, 1.54) is 25.7 Å². The van der Waals surface area contributed by atoms with Crippen molar-refractivity contribution in [2.45, 2.75) is 57.8 Å². The molecule has 2 nitrogen and oxygen atoms in total. The highest BCUT2D eigenvalue weighted by molar-refractivity contribution is 4.81. The number of ether oxygens (including phenoxy) is 1. The number of nitrogens with one attached hydrogen (secondary N) is 1. The smallest absolute Gasteiger partial charge is 0.0732 e. The van der Waals surface area contributed by atoms with Crippen molar-refractivity contribution in [3.63, 3.8) is 0 Å². The van der Waals surface area contributed by atoms with Crippen LogP contribution >= 0.6 is 0 Å². The fourth-order valence-corrected chi connectivity index (χ4v) is 1.96. The molecule has 2 heteroatoms. The third-order valence-electron chi connectivity index (χ3n) is 2.68. The zero-order valence-electron chi connectivity index (χ0n) is 8.47. The van der Waals surface area contributed by atoms with Gasteiger partial charge >= 0.3 is 0 Å². The standard InChI is InChI=1S/C10H21NO/c1-4-5-9(11-3)10-7-6-8(2)12-10/h8-11H,4-7H2,1-3H3. The van der Waals surface area contributed by atoms with Crippen LogP contribution in [0.5, 0.6) is 0 Å². The Balaban J connectivity index is 2.33. The third-order valence-corrected chi connectivity index (χ3v) is 2.68. The van der Waals surface area contributed by atoms with Gasteiger partial charge in [0, 0.05) is 6.04 Å². The highest BCUT2D eigenvalue weighted by Crippen LogP contribution is 2.23. The number of hydrogen-bond donors (Lipinski definition) is 1. The molecule has 0 spiro atoms. The lowest BCUT2D eigenvalue weighted by Gasteiger charge is -2.22. The molecule has 1 fully saturated rings. The normalized spacial score (nSPS) is 32.2. The molecule has 1 N–H and O–H groups in total. The summed E-state index contributed by atoms with van der Waals surface area (Å²) in [6.07, 6.45) is 5.86. The van der Waals surface area contributed by atoms with E-state index in [0.717, 1.165) is 0 Å². The van der Waals surface area contributed by atoms with Crippen molar-refractivity contribution >= 4 is 0 Å². The van der Waals surface area contributed by atoms with Crippen molar-refractivity contribution in [3.05, 3.63) is 0 Å². The van der Waals surface area contributed by atoms with Gasteiger partial charge in [0.05, 0.1) is 12.2 Å². The van der Waals surface area contributed by atoms with Gasteiger partial charge in [-0.05, 0) is 33.2 Å². The lowest BCUT2D eigenvalue weighted by Crippen LogP contribution is -2.37. The molecule has 1 aliphatic heterocycles. The first-order chi connectivity index (χ1) is 5.77. The second-order valence-electron chi connectivity index (χ2n) is 3.75. The van der Waals surface area contributed by atoms with E-state index in [4.69, 9.17) is 4.74 Å². The second-order valence-corrected chi connectivity index (χ2v) is 3.75. The van der Waals surface area contributed by atoms with E-state index in [9.17, 15) is 0 Å². The van der Waals surface area contributed by atoms with E-state index in [-0.39, 0.29) is 0 Å². The first kappa shape index (κ1) is 10.0. The molecule has 0 radical (unpaired) electrons. The van der Waals surface area contributed by atoms with Crippen molar-refractivity contribution in [3.8, 4) is 0 Å². The molecule has 0 aliphatic carbocycles. The highest BCUT2D eigenvalue weighted by Gasteiger charge is 2.27. The minimum Gasteiger partial charge on any atom is -0.374 e. The molecule has 0 bridgehead atoms. The maximum atomic E-state index is 5.80. The van der Waals surface area contributed by atoms with E-state index in [2.05, 4.69) is 19.2 Å². The monoisotopic (exact) mass is 171 g/mol. The van der Waals surface area contributed by atoms with Gasteiger partial charge in [-0.15, -0.1) is 0 Å². The van der Waals surface area contributed by atoms with Gasteiger partial charge in [0.15, 0.2) is 0 Å². The Morgan fingerprint density at radius 1 is 1.50 bits per heavy atom. The zero-order chi connectivity index (χ0) is 8.97. The van der Waals surface area contributed by atoms with E-state index in [1.807, 2.05) is 7.05 Å². The number of likely N-dealkylation sites (N-methyl/N-ethyl adjacent to an activating group) is 1. The fourth-order valence-electron chi connectivity index (χ4n) is 1.96. The Labute approximate surface area is 75.7 Å². The summed E-state index contributed by atoms with van der Waals surface area (Å²) >= 11 is 0. The predicted octanol–water partition coefficient (Wildman–Crippen LogP) is 1.94. The van der Waals surface area contributed by atoms with Crippen LogP contribution in [0.25, 0.3) is 0 Å². The minimum atomic E-state index is 0.463. The molecule has 1 rings (SSSR count). The van der Waals surface area contributed by atoms with E-state index in [0.29, 0.717) is 18.2 Å². The van der Waals surface area contributed by atoms with Gasteiger partial charge < -0.3 is 10.1 Å². The first-order valence-corrected chi connectivity index (χ1v) is 5.10. The Bertz CT molecular complexity index is 125. The Hall–Kier alpha value is -0.0800. The molecular formula is C10H21NO. The summed E-state index contributed by atoms with van der Waals surface area (Å²) in [5.74, 6) is 0. The molecule has 0 aromatic heterocycles. The zero-order valence-corrected chi connectivity index (χ0v) is 8.47. The molecule has 3 unspecified atom stereocenters. The van der Waals surface area contributed by atoms with Gasteiger partial charge in [0.2, 0.25) is 0 Å². The maximum Gasteiger partial charge on any atom is 0.0732 e. The van der Waals surface area contributed by atoms with E-state index >= 15 is 0 Å². The quantitative estimate of drug-likeness (QED) is 0.698. The van der Waals surface area contributed by atoms with Crippen LogP contribution in [0.3, 0.4) is 0 Å². The molecule has 3 atom stereocenters. The summed E-state index contributed by atoms with van der Waals surface area (Å²) in [5, 5.41) is 3.34. The SMILES string of the molecule is CCCC(NC)C1CCC(C)O1. The lowest BCUT2D eigenvalue weighted by atomic mass is 10.0. The van der Waals surface area contributed by atoms with E-state index in [1.54, 1.807) is 0 Å². The van der Waals surface area contributed by atoms with Crippen molar-refractivity contribution in [2.75, 3.05) is 7.05 Å². The van der Waals surface area contributed by atoms with Crippen LogP contribution in [0.1, 0.15) is 39.5 Å². The molecular weight excluding hydrogens is 150 g/mol. The van der Waals surface area contributed by atoms with Crippen LogP contribution in [-0.2, 0) is 4.74 Å². The second kappa shape index (κ2) is 4.83. The fraction of sp³-hybridized carbons (Fsp3) is 1.00. The summed E-state index contributed by atoms with van der Waals surface area (Å²) in [6.45, 7) is 4.39. The molecule has 0 amide bonds. The summed E-state index contributed by atoms with van der Waals surface area (Å²) in [5.41, 5.74) is 0. The van der Waals surface area contributed by atoms with E-state index < -0.39 is 0 Å². The topological polar surface area (TPSA) is 21.3 Å². The maximum absolute atomic E-state index is 5.80. The first-order valence-electron chi connectivity index (χ1n) is 5.10. The number of rotatable bonds is 4. The van der Waals surface area contributed by atoms with Crippen LogP contribution in [0.4, 0.5) is 0 Å². The molecule has 1 heterocycles. The number of hydrogen-bond acceptors (Lipinski definition) is 2. The summed E-state index contributed by atoms with van der Waals surface area (Å²) < 4.78 is 5.80. The van der Waals surface area contributed by atoms with Crippen molar-refractivity contribution in [1.29, 1.82) is 0 Å². The molecule has 0 aromatic rings. The Morgan fingerprint density at radius 2 is 2.25 bits per heavy atom. The van der Waals surface area contributed by atoms with Gasteiger partial charge in [0.25, 0.3) is 0 Å². The summed E-state index contributed by atoms with van der Waals surface area (Å²) in [6, 6.07) is 0.569. The highest BCUT2D eigenvalue weighted by atomic mass is 16.5. The lowest BCUT2D eigenvalue weighted by molar-refractivity contribution is 0.0316. The minimum absolute atomic E-state index is 0.463. The van der Waals surface area contributed by atoms with Crippen molar-refractivity contribution < 1.29 is 4.74 Å². The molecule has 0 saturated carbocycles. The third kappa shape index (κ3) is 2.46. The Morgan fingerprint density at radius 3 is 2.67 bits per heavy atom. The van der Waals surface area contributed by atoms with Gasteiger partial charge in [0.1, 0.15) is 0 Å². The van der Waals surface area contributed by atoms with Gasteiger partial charge in [-0.2, -0.15) is 0 Å². The summed E-state index contributed by atoms with van der Waals surface area (Å²) in [7, 11) is 2.03. The molecule has 1 saturated heterocycles. The predicted molar refractivity (Wildman–Crippen MR) is 51.3 cm³/mol. The summed E-state index contributed by atoms with van der Waals surface area (Å²) in [4.78, 5) is 0. The van der Waals surface area contributed by atoms with Gasteiger partial charge in [-0.3, -0.25) is 0 Å². The van der Waals surface area contributed by atoms with Crippen molar-refractivity contribution in [1.82, 2.24) is 5.32 Å². The average molecular weight is 171 g/mol. The van der Waals surface area contributed by atoms with Gasteiger partial charge in [-0.25, -0.2) is 0 Å². The molecule has 1 aliphatic rings. The Kier molecular flexibility index (Phi) is 4.02. The van der Waals surface area contributed by atoms with Crippen LogP contribution in [0.2, 0.25) is 0 Å². The van der Waals surface area contributed by atoms with Crippen LogP contribution in [-0.4, -0.2) is 25.3 Å². The van der Waals surface area contributed by atoms with Gasteiger partial charge in [-0.1, -0.05) is 13.3 Å². The van der Waals surface area contributed by atoms with Crippen LogP contribution < -0.4 is 5.32 Å². The molecule has 72 valence electrons. The average Bonchev–Trinajstić information content (AvgIpc) is 2.47. The van der Waals surface area contributed by atoms with Crippen LogP contribution in [0.15, 0.2) is 0 Å². The van der Waals surface area contributed by atoms with Crippen LogP contribution in [0, 0.1) is 0 Å². The molecule has 12 heavy (non-hydrogen) atoms. The van der Waals surface area contributed by atoms with Crippen molar-refractivity contribution in [2.24, 2.45) is 0 Å².